The monoisotopic (exact) mass is 832 g/mol. The Bertz CT molecular complexity index is 2380. The summed E-state index contributed by atoms with van der Waals surface area (Å²) in [5, 5.41) is 34.3. The van der Waals surface area contributed by atoms with E-state index in [1.165, 1.54) is 71.8 Å². The maximum atomic E-state index is 13.7. The van der Waals surface area contributed by atoms with Crippen LogP contribution in [0.4, 0.5) is 20.4 Å². The number of nitrogens with zero attached hydrogens (tertiary/aromatic N) is 8. The van der Waals surface area contributed by atoms with Gasteiger partial charge in [-0.1, -0.05) is 0 Å². The second-order valence-corrected chi connectivity index (χ2v) is 14.3. The number of halogens is 2. The molecule has 2 atom stereocenters. The molecule has 0 spiro atoms. The van der Waals surface area contributed by atoms with Crippen molar-refractivity contribution < 1.29 is 28.6 Å². The third kappa shape index (κ3) is 11.8. The number of hydrogen-bond donors (Lipinski definition) is 4. The maximum absolute atomic E-state index is 13.7. The molecule has 4 aromatic rings. The fourth-order valence-electron chi connectivity index (χ4n) is 6.73. The summed E-state index contributed by atoms with van der Waals surface area (Å²) in [6, 6.07) is 14.4. The van der Waals surface area contributed by atoms with Crippen molar-refractivity contribution in [3.8, 4) is 12.1 Å². The lowest BCUT2D eigenvalue weighted by Crippen LogP contribution is -2.47. The smallest absolute Gasteiger partial charge is 0.332 e. The summed E-state index contributed by atoms with van der Waals surface area (Å²) >= 11 is 0. The minimum Gasteiger partial charge on any atom is -0.481 e. The predicted molar refractivity (Wildman–Crippen MR) is 216 cm³/mol. The van der Waals surface area contributed by atoms with Gasteiger partial charge in [-0.15, -0.1) is 0 Å². The summed E-state index contributed by atoms with van der Waals surface area (Å²) in [6.45, 7) is 2.40. The fourth-order valence-corrected chi connectivity index (χ4v) is 6.73. The van der Waals surface area contributed by atoms with Crippen LogP contribution in [0.5, 0.6) is 0 Å². The zero-order chi connectivity index (χ0) is 44.3. The maximum Gasteiger partial charge on any atom is 0.332 e. The first-order valence-corrected chi connectivity index (χ1v) is 18.9. The minimum absolute atomic E-state index is 0.00528. The number of aliphatic carboxylic acids is 2. The summed E-state index contributed by atoms with van der Waals surface area (Å²) in [4.78, 5) is 72.8. The van der Waals surface area contributed by atoms with Gasteiger partial charge in [-0.3, -0.25) is 37.4 Å². The standard InChI is InChI=1S/2C18H20FN5O2.C4H6O4/c2*1-22-17(25)8-16(23-6-2-3-15(21)11-23)24(18(22)26)10-13-7-14(19)5-4-12(13)9-20;5-3(6)1-2-4(7)8/h2*4-5,7-8,15H,2-3,6,10-11,21H2,1H3;1-2H2,(H,5,6)(H,7,8)/t2*15-;/m11./s1. The zero-order valence-corrected chi connectivity index (χ0v) is 33.1. The molecular weight excluding hydrogens is 786 g/mol. The lowest BCUT2D eigenvalue weighted by molar-refractivity contribution is -0.143. The largest absolute Gasteiger partial charge is 0.481 e. The molecule has 2 aliphatic heterocycles. The molecule has 6 rings (SSSR count). The van der Waals surface area contributed by atoms with E-state index in [0.29, 0.717) is 48.9 Å². The van der Waals surface area contributed by atoms with Crippen molar-refractivity contribution in [2.24, 2.45) is 25.6 Å². The molecule has 318 valence electrons. The van der Waals surface area contributed by atoms with Crippen molar-refractivity contribution in [3.63, 3.8) is 0 Å². The van der Waals surface area contributed by atoms with E-state index in [9.17, 15) is 48.1 Å². The number of carboxylic acid groups (broad SMARTS) is 2. The van der Waals surface area contributed by atoms with Crippen LogP contribution in [0, 0.1) is 34.3 Å². The molecule has 6 N–H and O–H groups in total. The van der Waals surface area contributed by atoms with Crippen LogP contribution in [0.2, 0.25) is 0 Å². The van der Waals surface area contributed by atoms with Gasteiger partial charge in [0.1, 0.15) is 23.3 Å². The Labute approximate surface area is 341 Å². The zero-order valence-electron chi connectivity index (χ0n) is 33.1. The molecule has 2 fully saturated rings. The van der Waals surface area contributed by atoms with Gasteiger partial charge in [-0.05, 0) is 73.2 Å². The summed E-state index contributed by atoms with van der Waals surface area (Å²) < 4.78 is 32.1. The van der Waals surface area contributed by atoms with Crippen molar-refractivity contribution in [1.82, 2.24) is 18.3 Å². The van der Waals surface area contributed by atoms with Gasteiger partial charge < -0.3 is 31.5 Å². The number of nitrogens with two attached hydrogens (primary N) is 2. The van der Waals surface area contributed by atoms with E-state index < -0.39 is 46.1 Å². The number of aromatic nitrogens is 4. The lowest BCUT2D eigenvalue weighted by atomic mass is 10.1. The molecule has 4 heterocycles. The van der Waals surface area contributed by atoms with Crippen LogP contribution in [-0.4, -0.2) is 78.7 Å². The number of carboxylic acids is 2. The van der Waals surface area contributed by atoms with Gasteiger partial charge in [-0.2, -0.15) is 10.5 Å². The van der Waals surface area contributed by atoms with Crippen molar-refractivity contribution in [2.45, 2.75) is 63.7 Å². The Morgan fingerprint density at radius 1 is 0.683 bits per heavy atom. The molecule has 0 bridgehead atoms. The molecule has 0 aliphatic carbocycles. The SMILES string of the molecule is Cn1c(=O)cc(N2CCC[C@@H](N)C2)n(Cc2cc(F)ccc2C#N)c1=O.Cn1c(=O)cc(N2CCC[C@@H](N)C2)n(Cc2cc(F)ccc2C#N)c1=O.O=C(O)CCC(=O)O. The topological polar surface area (TPSA) is 269 Å². The average molecular weight is 833 g/mol. The highest BCUT2D eigenvalue weighted by Gasteiger charge is 2.24. The highest BCUT2D eigenvalue weighted by molar-refractivity contribution is 5.75. The third-order valence-corrected chi connectivity index (χ3v) is 9.90. The second-order valence-electron chi connectivity index (χ2n) is 14.3. The molecular formula is C40H46F2N10O8. The Morgan fingerprint density at radius 2 is 1.05 bits per heavy atom. The molecule has 2 aliphatic rings. The van der Waals surface area contributed by atoms with E-state index in [1.54, 1.807) is 0 Å². The van der Waals surface area contributed by atoms with Crippen LogP contribution in [0.15, 0.2) is 67.7 Å². The summed E-state index contributed by atoms with van der Waals surface area (Å²) in [7, 11) is 2.79. The molecule has 2 aromatic heterocycles. The van der Waals surface area contributed by atoms with Crippen LogP contribution in [0.1, 0.15) is 60.8 Å². The predicted octanol–water partition coefficient (Wildman–Crippen LogP) is 1.00. The normalized spacial score (nSPS) is 16.0. The summed E-state index contributed by atoms with van der Waals surface area (Å²) in [6.07, 6.45) is 2.88. The first-order chi connectivity index (χ1) is 28.4. The lowest BCUT2D eigenvalue weighted by Gasteiger charge is -2.34. The molecule has 2 aromatic carbocycles. The van der Waals surface area contributed by atoms with E-state index >= 15 is 0 Å². The Hall–Kier alpha value is -6.90. The van der Waals surface area contributed by atoms with Crippen molar-refractivity contribution in [3.05, 3.63) is 124 Å². The third-order valence-electron chi connectivity index (χ3n) is 9.90. The van der Waals surface area contributed by atoms with E-state index in [-0.39, 0.29) is 49.1 Å². The molecule has 0 unspecified atom stereocenters. The van der Waals surface area contributed by atoms with Crippen LogP contribution < -0.4 is 43.8 Å². The van der Waals surface area contributed by atoms with Crippen LogP contribution in [-0.2, 0) is 36.8 Å². The van der Waals surface area contributed by atoms with E-state index in [4.69, 9.17) is 21.7 Å². The van der Waals surface area contributed by atoms with Gasteiger partial charge >= 0.3 is 23.3 Å². The summed E-state index contributed by atoms with van der Waals surface area (Å²) in [5.74, 6) is -2.24. The Morgan fingerprint density at radius 3 is 1.37 bits per heavy atom. The van der Waals surface area contributed by atoms with E-state index in [1.807, 2.05) is 21.9 Å². The van der Waals surface area contributed by atoms with Crippen molar-refractivity contribution in [1.29, 1.82) is 10.5 Å². The van der Waals surface area contributed by atoms with Gasteiger partial charge in [-0.25, -0.2) is 18.4 Å². The van der Waals surface area contributed by atoms with Gasteiger partial charge in [0.25, 0.3) is 11.1 Å². The fraction of sp³-hybridized carbons (Fsp3) is 0.400. The van der Waals surface area contributed by atoms with E-state index in [2.05, 4.69) is 0 Å². The highest BCUT2D eigenvalue weighted by atomic mass is 19.1. The van der Waals surface area contributed by atoms with Crippen LogP contribution >= 0.6 is 0 Å². The minimum atomic E-state index is -1.08. The average Bonchev–Trinajstić information content (AvgIpc) is 3.21. The molecule has 20 heteroatoms. The molecule has 2 saturated heterocycles. The number of anilines is 2. The summed E-state index contributed by atoms with van der Waals surface area (Å²) in [5.41, 5.74) is 11.5. The number of carbonyl (C=O) groups is 2. The first-order valence-electron chi connectivity index (χ1n) is 18.9. The van der Waals surface area contributed by atoms with E-state index in [0.717, 1.165) is 34.8 Å². The molecule has 0 amide bonds. The highest BCUT2D eigenvalue weighted by Crippen LogP contribution is 2.21. The Kier molecular flexibility index (Phi) is 15.8. The Balaban J connectivity index is 0.000000224. The van der Waals surface area contributed by atoms with Gasteiger partial charge in [0.15, 0.2) is 0 Å². The second kappa shape index (κ2) is 20.7. The van der Waals surface area contributed by atoms with Gasteiger partial charge in [0, 0.05) is 64.5 Å². The van der Waals surface area contributed by atoms with Crippen molar-refractivity contribution >= 4 is 23.6 Å². The van der Waals surface area contributed by atoms with Crippen LogP contribution in [0.3, 0.4) is 0 Å². The van der Waals surface area contributed by atoms with Gasteiger partial charge in [0.05, 0.1) is 49.2 Å². The number of benzene rings is 2. The number of rotatable bonds is 9. The number of nitriles is 2. The molecule has 60 heavy (non-hydrogen) atoms. The van der Waals surface area contributed by atoms with Crippen molar-refractivity contribution in [2.75, 3.05) is 36.0 Å². The molecule has 0 saturated carbocycles. The van der Waals surface area contributed by atoms with Gasteiger partial charge in [0.2, 0.25) is 0 Å². The molecule has 0 radical (unpaired) electrons. The molecule has 18 nitrogen and oxygen atoms in total. The number of hydrogen-bond acceptors (Lipinski definition) is 12. The first kappa shape index (κ1) is 45.8. The van der Waals surface area contributed by atoms with Crippen LogP contribution in [0.25, 0.3) is 0 Å². The quantitative estimate of drug-likeness (QED) is 0.183. The number of piperidine rings is 2.